The van der Waals surface area contributed by atoms with Gasteiger partial charge in [0.2, 0.25) is 0 Å². The summed E-state index contributed by atoms with van der Waals surface area (Å²) in [5.41, 5.74) is 0.468. The van der Waals surface area contributed by atoms with Gasteiger partial charge in [-0.3, -0.25) is 4.79 Å². The molecule has 0 saturated carbocycles. The Hall–Kier alpha value is -2.06. The third kappa shape index (κ3) is 5.01. The lowest BCUT2D eigenvalue weighted by Gasteiger charge is -2.27. The van der Waals surface area contributed by atoms with Crippen molar-refractivity contribution in [2.75, 3.05) is 18.1 Å². The van der Waals surface area contributed by atoms with E-state index in [0.717, 1.165) is 0 Å². The van der Waals surface area contributed by atoms with Crippen molar-refractivity contribution in [2.24, 2.45) is 0 Å². The van der Waals surface area contributed by atoms with Gasteiger partial charge in [-0.15, -0.1) is 0 Å². The quantitative estimate of drug-likeness (QED) is 0.600. The van der Waals surface area contributed by atoms with Gasteiger partial charge in [-0.2, -0.15) is 0 Å². The molecule has 6 nitrogen and oxygen atoms in total. The average molecular weight is 454 g/mol. The van der Waals surface area contributed by atoms with Crippen molar-refractivity contribution in [3.05, 3.63) is 65.0 Å². The number of ether oxygens (including phenoxy) is 1. The summed E-state index contributed by atoms with van der Waals surface area (Å²) in [7, 11) is -3.12. The van der Waals surface area contributed by atoms with Gasteiger partial charge in [0, 0.05) is 11.6 Å². The fourth-order valence-electron chi connectivity index (χ4n) is 3.01. The second kappa shape index (κ2) is 8.31. The highest BCUT2D eigenvalue weighted by atomic mass is 79.9. The Morgan fingerprint density at radius 1 is 1.30 bits per heavy atom. The lowest BCUT2D eigenvalue weighted by Crippen LogP contribution is -2.40. The summed E-state index contributed by atoms with van der Waals surface area (Å²) in [6.45, 7) is 4.18. The lowest BCUT2D eigenvalue weighted by molar-refractivity contribution is 0.0665. The average Bonchev–Trinajstić information content (AvgIpc) is 3.22. The van der Waals surface area contributed by atoms with Gasteiger partial charge in [0.1, 0.15) is 18.1 Å². The zero-order chi connectivity index (χ0) is 19.4. The molecular formula is C19H20BrNO5S. The molecule has 0 radical (unpaired) electrons. The summed E-state index contributed by atoms with van der Waals surface area (Å²) in [6, 6.07) is 9.91. The molecule has 0 N–H and O–H groups in total. The number of rotatable bonds is 7. The number of amides is 1. The van der Waals surface area contributed by atoms with Crippen LogP contribution in [0.1, 0.15) is 22.5 Å². The summed E-state index contributed by atoms with van der Waals surface area (Å²) in [6.07, 6.45) is 2.07. The number of sulfone groups is 1. The van der Waals surface area contributed by atoms with Gasteiger partial charge in [0.15, 0.2) is 14.5 Å². The number of halogens is 1. The highest BCUT2D eigenvalue weighted by Crippen LogP contribution is 2.24. The van der Waals surface area contributed by atoms with Gasteiger partial charge < -0.3 is 14.1 Å². The molecule has 0 spiro atoms. The van der Waals surface area contributed by atoms with Crippen molar-refractivity contribution in [3.8, 4) is 5.75 Å². The highest BCUT2D eigenvalue weighted by molar-refractivity contribution is 9.10. The Morgan fingerprint density at radius 2 is 2.04 bits per heavy atom. The van der Waals surface area contributed by atoms with E-state index in [1.54, 1.807) is 47.4 Å². The molecular weight excluding hydrogens is 434 g/mol. The normalized spacial score (nSPS) is 18.2. The van der Waals surface area contributed by atoms with Crippen LogP contribution < -0.4 is 4.74 Å². The third-order valence-corrected chi connectivity index (χ3v) is 6.51. The molecule has 3 rings (SSSR count). The minimum atomic E-state index is -3.12. The van der Waals surface area contributed by atoms with Crippen molar-refractivity contribution in [2.45, 2.75) is 19.0 Å². The number of carbonyl (C=O) groups is 1. The number of carbonyl (C=O) groups excluding carboxylic acids is 1. The van der Waals surface area contributed by atoms with E-state index in [4.69, 9.17) is 9.15 Å². The fraction of sp³-hybridized carbons (Fsp3) is 0.316. The van der Waals surface area contributed by atoms with Crippen molar-refractivity contribution >= 4 is 31.7 Å². The molecule has 1 amide bonds. The van der Waals surface area contributed by atoms with Gasteiger partial charge in [-0.05, 0) is 58.7 Å². The zero-order valence-electron chi connectivity index (χ0n) is 14.6. The first-order valence-electron chi connectivity index (χ1n) is 8.47. The SMILES string of the molecule is C=CCOc1ccc(C(=O)N(Cc2ccc(Br)o2)[C@H]2CCS(=O)(=O)C2)cc1. The predicted molar refractivity (Wildman–Crippen MR) is 105 cm³/mol. The molecule has 0 bridgehead atoms. The van der Waals surface area contributed by atoms with E-state index < -0.39 is 9.84 Å². The van der Waals surface area contributed by atoms with Crippen molar-refractivity contribution in [1.29, 1.82) is 0 Å². The van der Waals surface area contributed by atoms with Crippen LogP contribution in [-0.2, 0) is 16.4 Å². The number of furan rings is 1. The summed E-state index contributed by atoms with van der Waals surface area (Å²) in [5, 5.41) is 0. The van der Waals surface area contributed by atoms with Gasteiger partial charge in [0.05, 0.1) is 18.1 Å². The Kier molecular flexibility index (Phi) is 6.06. The van der Waals surface area contributed by atoms with Crippen molar-refractivity contribution in [3.63, 3.8) is 0 Å². The van der Waals surface area contributed by atoms with Crippen LogP contribution in [0.15, 0.2) is 58.1 Å². The summed E-state index contributed by atoms with van der Waals surface area (Å²) in [5.74, 6) is 1.06. The molecule has 1 saturated heterocycles. The summed E-state index contributed by atoms with van der Waals surface area (Å²) in [4.78, 5) is 14.7. The lowest BCUT2D eigenvalue weighted by atomic mass is 10.1. The monoisotopic (exact) mass is 453 g/mol. The van der Waals surface area contributed by atoms with Gasteiger partial charge in [-0.25, -0.2) is 8.42 Å². The first-order valence-corrected chi connectivity index (χ1v) is 11.1. The maximum absolute atomic E-state index is 13.1. The Labute approximate surface area is 166 Å². The molecule has 8 heteroatoms. The number of hydrogen-bond donors (Lipinski definition) is 0. The molecule has 0 unspecified atom stereocenters. The van der Waals surface area contributed by atoms with Crippen LogP contribution in [0.4, 0.5) is 0 Å². The molecule has 1 atom stereocenters. The fourth-order valence-corrected chi connectivity index (χ4v) is 5.08. The van der Waals surface area contributed by atoms with E-state index in [2.05, 4.69) is 22.5 Å². The maximum atomic E-state index is 13.1. The molecule has 1 aromatic carbocycles. The molecule has 0 aliphatic carbocycles. The molecule has 1 aliphatic heterocycles. The largest absolute Gasteiger partial charge is 0.490 e. The van der Waals surface area contributed by atoms with Gasteiger partial charge in [-0.1, -0.05) is 12.7 Å². The van der Waals surface area contributed by atoms with E-state index in [1.165, 1.54) is 0 Å². The van der Waals surface area contributed by atoms with Crippen molar-refractivity contribution < 1.29 is 22.4 Å². The van der Waals surface area contributed by atoms with Crippen LogP contribution in [0.25, 0.3) is 0 Å². The van der Waals surface area contributed by atoms with Crippen LogP contribution in [0, 0.1) is 0 Å². The molecule has 1 aromatic heterocycles. The van der Waals surface area contributed by atoms with Crippen molar-refractivity contribution in [1.82, 2.24) is 4.90 Å². The van der Waals surface area contributed by atoms with Crippen LogP contribution in [0.5, 0.6) is 5.75 Å². The molecule has 27 heavy (non-hydrogen) atoms. The van der Waals surface area contributed by atoms with Crippen LogP contribution in [-0.4, -0.2) is 43.4 Å². The molecule has 1 fully saturated rings. The first kappa shape index (κ1) is 19.7. The third-order valence-electron chi connectivity index (χ3n) is 4.33. The second-order valence-corrected chi connectivity index (χ2v) is 9.33. The molecule has 144 valence electrons. The standard InChI is InChI=1S/C19H20BrNO5S/c1-2-10-25-16-5-3-14(4-6-16)19(22)21(12-17-7-8-18(20)26-17)15-9-11-27(23,24)13-15/h2-8,15H,1,9-13H2/t15-/m0/s1. The molecule has 2 heterocycles. The maximum Gasteiger partial charge on any atom is 0.254 e. The van der Waals surface area contributed by atoms with E-state index in [9.17, 15) is 13.2 Å². The van der Waals surface area contributed by atoms with E-state index in [1.807, 2.05) is 0 Å². The Bertz CT molecular complexity index is 920. The summed E-state index contributed by atoms with van der Waals surface area (Å²) < 4.78 is 35.3. The van der Waals surface area contributed by atoms with Crippen LogP contribution >= 0.6 is 15.9 Å². The van der Waals surface area contributed by atoms with Gasteiger partial charge >= 0.3 is 0 Å². The second-order valence-electron chi connectivity index (χ2n) is 6.32. The predicted octanol–water partition coefficient (Wildman–Crippen LogP) is 3.44. The minimum Gasteiger partial charge on any atom is -0.490 e. The van der Waals surface area contributed by atoms with E-state index >= 15 is 0 Å². The first-order chi connectivity index (χ1) is 12.9. The Morgan fingerprint density at radius 3 is 2.59 bits per heavy atom. The number of nitrogens with zero attached hydrogens (tertiary/aromatic N) is 1. The zero-order valence-corrected chi connectivity index (χ0v) is 17.0. The highest BCUT2D eigenvalue weighted by Gasteiger charge is 2.35. The van der Waals surface area contributed by atoms with Crippen LogP contribution in [0.3, 0.4) is 0 Å². The molecule has 2 aromatic rings. The minimum absolute atomic E-state index is 0.0266. The van der Waals surface area contributed by atoms with Gasteiger partial charge in [0.25, 0.3) is 5.91 Å². The van der Waals surface area contributed by atoms with Crippen LogP contribution in [0.2, 0.25) is 0 Å². The summed E-state index contributed by atoms with van der Waals surface area (Å²) >= 11 is 3.25. The number of hydrogen-bond acceptors (Lipinski definition) is 5. The van der Waals surface area contributed by atoms with E-state index in [-0.39, 0.29) is 30.0 Å². The molecule has 1 aliphatic rings. The topological polar surface area (TPSA) is 76.8 Å². The van der Waals surface area contributed by atoms with E-state index in [0.29, 0.717) is 34.8 Å². The number of benzene rings is 1. The smallest absolute Gasteiger partial charge is 0.254 e. The Balaban J connectivity index is 1.82.